The van der Waals surface area contributed by atoms with Gasteiger partial charge in [-0.25, -0.2) is 86.2 Å². The molecule has 30 heteroatoms. The van der Waals surface area contributed by atoms with Gasteiger partial charge in [-0.3, -0.25) is 29.4 Å². The van der Waals surface area contributed by atoms with Crippen molar-refractivity contribution in [3.05, 3.63) is 179 Å². The molecule has 6 aliphatic rings. The molecule has 0 amide bonds. The molecule has 630 valence electrons. The van der Waals surface area contributed by atoms with Crippen LogP contribution in [-0.2, 0) is 0 Å². The molecule has 6 aliphatic heterocycles. The molecule has 9 atom stereocenters. The molecule has 12 aromatic rings. The minimum atomic E-state index is -0.633. The summed E-state index contributed by atoms with van der Waals surface area (Å²) < 4.78 is 95.5. The molecule has 18 rings (SSSR count). The highest BCUT2D eigenvalue weighted by atomic mass is 19.1. The van der Waals surface area contributed by atoms with E-state index in [1.165, 1.54) is 57.1 Å². The number of rotatable bonds is 21. The fraction of sp³-hybridized carbons (Fsp3) is 0.467. The topological polar surface area (TPSA) is 225 Å². The lowest BCUT2D eigenvalue weighted by Crippen LogP contribution is -2.43. The van der Waals surface area contributed by atoms with Gasteiger partial charge >= 0.3 is 0 Å². The van der Waals surface area contributed by atoms with Crippen LogP contribution in [-0.4, -0.2) is 200 Å². The Morgan fingerprint density at radius 2 is 0.608 bits per heavy atom. The third kappa shape index (κ3) is 16.9. The smallest absolute Gasteiger partial charge is 0.229 e. The Hall–Kier alpha value is -10.5. The van der Waals surface area contributed by atoms with Crippen molar-refractivity contribution in [2.75, 3.05) is 94.5 Å². The minimum absolute atomic E-state index is 0.0125. The van der Waals surface area contributed by atoms with Gasteiger partial charge in [0.2, 0.25) is 17.8 Å². The Balaban J connectivity index is 0.000000134. The highest BCUT2D eigenvalue weighted by Gasteiger charge is 2.42. The first kappa shape index (κ1) is 83.2. The average molecular weight is 1640 g/mol. The van der Waals surface area contributed by atoms with E-state index in [2.05, 4.69) is 165 Å². The minimum Gasteiger partial charge on any atom is -0.326 e. The third-order valence-corrected chi connectivity index (χ3v) is 25.4. The van der Waals surface area contributed by atoms with Crippen LogP contribution in [0.5, 0.6) is 0 Å². The normalized spacial score (nSPS) is 20.5. The van der Waals surface area contributed by atoms with Gasteiger partial charge in [-0.2, -0.15) is 0 Å². The maximum atomic E-state index is 15.0. The molecule has 9 aromatic heterocycles. The van der Waals surface area contributed by atoms with Gasteiger partial charge in [-0.05, 0) is 211 Å². The van der Waals surface area contributed by atoms with Crippen LogP contribution < -0.4 is 16.0 Å². The van der Waals surface area contributed by atoms with Crippen LogP contribution in [0.15, 0.2) is 110 Å². The van der Waals surface area contributed by atoms with Crippen molar-refractivity contribution in [2.45, 2.75) is 177 Å². The predicted octanol–water partition coefficient (Wildman–Crippen LogP) is 17.7. The monoisotopic (exact) mass is 1640 g/mol. The first-order valence-electron chi connectivity index (χ1n) is 42.4. The number of halogens is 6. The summed E-state index contributed by atoms with van der Waals surface area (Å²) in [4.78, 5) is 67.9. The number of fused-ring (bicyclic) bond motifs is 9. The van der Waals surface area contributed by atoms with E-state index in [0.29, 0.717) is 86.3 Å². The molecule has 3 N–H and O–H groups in total. The van der Waals surface area contributed by atoms with Crippen LogP contribution in [0, 0.1) is 73.4 Å². The number of benzene rings is 3. The number of likely N-dealkylation sites (tertiary alicyclic amines) is 6. The molecular weight excluding hydrogens is 1530 g/mol. The van der Waals surface area contributed by atoms with Crippen molar-refractivity contribution in [2.24, 2.45) is 17.8 Å². The van der Waals surface area contributed by atoms with Crippen molar-refractivity contribution in [1.82, 2.24) is 103 Å². The van der Waals surface area contributed by atoms with E-state index in [1.54, 1.807) is 18.2 Å². The number of imidazole rings is 3. The standard InChI is InChI=1S/3C30H36F2N8/c3*1-6-38-14-20-9-23(38)16-39(15-20)18(4)21-7-8-27(33-12-21)36-30-34-13-25(32)28(37-30)22-10-24(31)29-26(11-22)40(17(2)3)19(5)35-29/h3*7-8,10-13,17-18,20,23H,6,9,14-16H2,1-5H3,(H,33,34,36,37)/t18-,20+,23+;18-,20-,23-;/m00./s1. The van der Waals surface area contributed by atoms with E-state index in [9.17, 15) is 13.2 Å². The van der Waals surface area contributed by atoms with E-state index in [0.717, 1.165) is 112 Å². The van der Waals surface area contributed by atoms with Crippen molar-refractivity contribution < 1.29 is 26.3 Å². The first-order valence-corrected chi connectivity index (χ1v) is 42.4. The number of nitrogens with zero attached hydrogens (tertiary/aromatic N) is 21. The van der Waals surface area contributed by atoms with Crippen molar-refractivity contribution in [1.29, 1.82) is 0 Å². The van der Waals surface area contributed by atoms with Gasteiger partial charge in [0.05, 0.1) is 35.1 Å². The maximum Gasteiger partial charge on any atom is 0.229 e. The molecule has 6 saturated heterocycles. The first-order chi connectivity index (χ1) is 57.6. The van der Waals surface area contributed by atoms with E-state index in [-0.39, 0.29) is 87.7 Å². The number of piperidine rings is 3. The second-order valence-electron chi connectivity index (χ2n) is 34.2. The van der Waals surface area contributed by atoms with E-state index in [1.807, 2.05) is 113 Å². The van der Waals surface area contributed by atoms with Gasteiger partial charge in [0, 0.05) is 149 Å². The van der Waals surface area contributed by atoms with Gasteiger partial charge in [-0.15, -0.1) is 0 Å². The van der Waals surface area contributed by atoms with Gasteiger partial charge in [0.25, 0.3) is 0 Å². The zero-order chi connectivity index (χ0) is 84.4. The molecule has 120 heavy (non-hydrogen) atoms. The summed E-state index contributed by atoms with van der Waals surface area (Å²) in [6.45, 7) is 44.5. The van der Waals surface area contributed by atoms with Crippen LogP contribution in [0.1, 0.15) is 173 Å². The lowest BCUT2D eigenvalue weighted by atomic mass is 9.97. The fourth-order valence-electron chi connectivity index (χ4n) is 19.6. The molecule has 0 aliphatic carbocycles. The molecule has 3 unspecified atom stereocenters. The number of likely N-dealkylation sites (N-methyl/N-ethyl adjacent to an activating group) is 3. The summed E-state index contributed by atoms with van der Waals surface area (Å²) in [5.74, 6) is 3.10. The number of aromatic nitrogens is 15. The Kier molecular flexibility index (Phi) is 23.9. The Morgan fingerprint density at radius 1 is 0.333 bits per heavy atom. The fourth-order valence-corrected chi connectivity index (χ4v) is 19.6. The number of hydrogen-bond acceptors (Lipinski definition) is 21. The summed E-state index contributed by atoms with van der Waals surface area (Å²) in [6, 6.07) is 23.8. The SMILES string of the molecule is CCN1CC2CC1CN(C(C)c1ccc(Nc3ncc(F)c(-c4cc(F)c5nc(C)n(C(C)C)c5c4)n3)nc1)C2.CCN1C[C@@H]2C[C@H]1CN([C@@H](C)c1ccc(Nc3ncc(F)c(-c4cc(F)c5nc(C)n(C(C)C)c5c4)n3)nc1)C2.CCN1C[C@H]2C[C@@H]1CN([C@@H](C)c1ccc(Nc3ncc(F)c(-c4cc(F)c5nc(C)n(C(C)C)c5c4)n3)nc1)C2. The summed E-state index contributed by atoms with van der Waals surface area (Å²) in [5, 5.41) is 9.24. The van der Waals surface area contributed by atoms with Gasteiger partial charge < -0.3 is 29.7 Å². The van der Waals surface area contributed by atoms with Gasteiger partial charge in [-0.1, -0.05) is 39.0 Å². The molecule has 0 saturated carbocycles. The second kappa shape index (κ2) is 34.6. The second-order valence-corrected chi connectivity index (χ2v) is 34.2. The lowest BCUT2D eigenvalue weighted by molar-refractivity contribution is 0.127. The molecule has 0 radical (unpaired) electrons. The number of nitrogens with one attached hydrogen (secondary N) is 3. The van der Waals surface area contributed by atoms with Gasteiger partial charge in [0.1, 0.15) is 68.6 Å². The zero-order valence-electron chi connectivity index (χ0n) is 71.1. The van der Waals surface area contributed by atoms with E-state index < -0.39 is 34.9 Å². The van der Waals surface area contributed by atoms with Crippen LogP contribution in [0.4, 0.5) is 61.6 Å². The zero-order valence-corrected chi connectivity index (χ0v) is 71.1. The van der Waals surface area contributed by atoms with E-state index in [4.69, 9.17) is 0 Å². The summed E-state index contributed by atoms with van der Waals surface area (Å²) in [5.41, 5.74) is 7.06. The Morgan fingerprint density at radius 3 is 0.850 bits per heavy atom. The van der Waals surface area contributed by atoms with Crippen LogP contribution in [0.3, 0.4) is 0 Å². The lowest BCUT2D eigenvalue weighted by Gasteiger charge is -2.37. The molecular formula is C90H108F6N24. The largest absolute Gasteiger partial charge is 0.326 e. The number of anilines is 6. The van der Waals surface area contributed by atoms with Crippen molar-refractivity contribution in [3.63, 3.8) is 0 Å². The number of aryl methyl sites for hydroxylation is 3. The summed E-state index contributed by atoms with van der Waals surface area (Å²) >= 11 is 0. The average Bonchev–Trinajstić information content (AvgIpc) is 1.61. The number of hydrogen-bond donors (Lipinski definition) is 3. The van der Waals surface area contributed by atoms with Crippen molar-refractivity contribution >= 4 is 68.4 Å². The molecule has 6 bridgehead atoms. The highest BCUT2D eigenvalue weighted by molar-refractivity contribution is 5.85. The Labute approximate surface area is 696 Å². The molecule has 24 nitrogen and oxygen atoms in total. The third-order valence-electron chi connectivity index (χ3n) is 25.4. The molecule has 15 heterocycles. The highest BCUT2D eigenvalue weighted by Crippen LogP contribution is 2.41. The molecule has 3 aromatic carbocycles. The van der Waals surface area contributed by atoms with Crippen LogP contribution >= 0.6 is 0 Å². The van der Waals surface area contributed by atoms with Crippen molar-refractivity contribution in [3.8, 4) is 33.8 Å². The van der Waals surface area contributed by atoms with Crippen LogP contribution in [0.2, 0.25) is 0 Å². The molecule has 0 spiro atoms. The molecule has 6 fully saturated rings. The number of pyridine rings is 3. The predicted molar refractivity (Wildman–Crippen MR) is 457 cm³/mol. The van der Waals surface area contributed by atoms with E-state index >= 15 is 13.2 Å². The summed E-state index contributed by atoms with van der Waals surface area (Å²) in [7, 11) is 0. The quantitative estimate of drug-likeness (QED) is 0.0569. The Bertz CT molecular complexity index is 5150. The van der Waals surface area contributed by atoms with Crippen LogP contribution in [0.25, 0.3) is 66.9 Å². The van der Waals surface area contributed by atoms with Gasteiger partial charge in [0.15, 0.2) is 34.9 Å². The maximum absolute atomic E-state index is 15.0. The summed E-state index contributed by atoms with van der Waals surface area (Å²) in [6.07, 6.45) is 12.8.